The predicted molar refractivity (Wildman–Crippen MR) is 94.4 cm³/mol. The summed E-state index contributed by atoms with van der Waals surface area (Å²) in [6, 6.07) is -0.162. The van der Waals surface area contributed by atoms with Crippen LogP contribution in [0.3, 0.4) is 0 Å². The van der Waals surface area contributed by atoms with Gasteiger partial charge in [-0.3, -0.25) is 14.2 Å². The molecule has 3 rings (SSSR count). The number of aromatic nitrogens is 2. The molecule has 1 saturated carbocycles. The summed E-state index contributed by atoms with van der Waals surface area (Å²) in [4.78, 5) is 30.9. The van der Waals surface area contributed by atoms with Crippen LogP contribution in [0.25, 0.3) is 10.2 Å². The standard InChI is InChI=1S/C17H23N3O3S/c1-10-11(2)24-16-15(10)17(23)20(9-18-16)8-7-14(22)19-12-5-3-4-6-13(12)21/h9,12-13,21H,3-8H2,1-2H3,(H,19,22). The number of aryl methyl sites for hydroxylation is 3. The van der Waals surface area contributed by atoms with Crippen molar-refractivity contribution in [2.24, 2.45) is 0 Å². The molecular weight excluding hydrogens is 326 g/mol. The van der Waals surface area contributed by atoms with Crippen LogP contribution in [-0.2, 0) is 11.3 Å². The van der Waals surface area contributed by atoms with Crippen LogP contribution in [0.15, 0.2) is 11.1 Å². The molecule has 1 amide bonds. The van der Waals surface area contributed by atoms with Crippen LogP contribution >= 0.6 is 11.3 Å². The molecule has 24 heavy (non-hydrogen) atoms. The smallest absolute Gasteiger partial charge is 0.262 e. The molecule has 2 atom stereocenters. The van der Waals surface area contributed by atoms with Crippen LogP contribution < -0.4 is 10.9 Å². The first-order chi connectivity index (χ1) is 11.5. The minimum atomic E-state index is -0.458. The number of aliphatic hydroxyl groups is 1. The number of nitrogens with zero attached hydrogens (tertiary/aromatic N) is 2. The van der Waals surface area contributed by atoms with Gasteiger partial charge in [0, 0.05) is 17.8 Å². The summed E-state index contributed by atoms with van der Waals surface area (Å²) in [5.41, 5.74) is 0.879. The van der Waals surface area contributed by atoms with E-state index in [-0.39, 0.29) is 23.9 Å². The van der Waals surface area contributed by atoms with Crippen LogP contribution in [0.4, 0.5) is 0 Å². The Kier molecular flexibility index (Phi) is 5.01. The van der Waals surface area contributed by atoms with E-state index in [1.54, 1.807) is 0 Å². The van der Waals surface area contributed by atoms with Gasteiger partial charge in [0.2, 0.25) is 5.91 Å². The Morgan fingerprint density at radius 1 is 1.42 bits per heavy atom. The first-order valence-corrected chi connectivity index (χ1v) is 9.21. The van der Waals surface area contributed by atoms with Crippen LogP contribution in [0, 0.1) is 13.8 Å². The van der Waals surface area contributed by atoms with E-state index in [4.69, 9.17) is 0 Å². The molecule has 2 heterocycles. The molecule has 130 valence electrons. The third kappa shape index (κ3) is 3.37. The number of hydrogen-bond acceptors (Lipinski definition) is 5. The van der Waals surface area contributed by atoms with E-state index < -0.39 is 6.10 Å². The summed E-state index contributed by atoms with van der Waals surface area (Å²) in [5, 5.41) is 13.5. The van der Waals surface area contributed by atoms with Crippen LogP contribution in [0.2, 0.25) is 0 Å². The number of carbonyl (C=O) groups excluding carboxylic acids is 1. The van der Waals surface area contributed by atoms with Crippen LogP contribution in [0.1, 0.15) is 42.5 Å². The molecule has 2 N–H and O–H groups in total. The van der Waals surface area contributed by atoms with Gasteiger partial charge in [0.15, 0.2) is 0 Å². The fraction of sp³-hybridized carbons (Fsp3) is 0.588. The molecule has 0 radical (unpaired) electrons. The van der Waals surface area contributed by atoms with Gasteiger partial charge in [0.25, 0.3) is 5.56 Å². The summed E-state index contributed by atoms with van der Waals surface area (Å²) >= 11 is 1.52. The van der Waals surface area contributed by atoms with Crippen molar-refractivity contribution in [2.75, 3.05) is 0 Å². The molecule has 0 aromatic carbocycles. The number of thiophene rings is 1. The Bertz CT molecular complexity index is 811. The lowest BCUT2D eigenvalue weighted by Gasteiger charge is -2.28. The van der Waals surface area contributed by atoms with Gasteiger partial charge in [-0.15, -0.1) is 11.3 Å². The van der Waals surface area contributed by atoms with Gasteiger partial charge in [-0.05, 0) is 32.3 Å². The van der Waals surface area contributed by atoms with E-state index in [2.05, 4.69) is 10.3 Å². The highest BCUT2D eigenvalue weighted by atomic mass is 32.1. The largest absolute Gasteiger partial charge is 0.391 e. The van der Waals surface area contributed by atoms with E-state index in [1.807, 2.05) is 13.8 Å². The van der Waals surface area contributed by atoms with Crippen molar-refractivity contribution >= 4 is 27.5 Å². The topological polar surface area (TPSA) is 84.2 Å². The van der Waals surface area contributed by atoms with Gasteiger partial charge in [0.1, 0.15) is 4.83 Å². The van der Waals surface area contributed by atoms with Gasteiger partial charge < -0.3 is 10.4 Å². The van der Waals surface area contributed by atoms with E-state index in [0.29, 0.717) is 11.9 Å². The molecule has 2 aromatic rings. The molecule has 1 aliphatic carbocycles. The Labute approximate surface area is 144 Å². The van der Waals surface area contributed by atoms with E-state index in [9.17, 15) is 14.7 Å². The van der Waals surface area contributed by atoms with Gasteiger partial charge in [-0.25, -0.2) is 4.98 Å². The zero-order valence-electron chi connectivity index (χ0n) is 14.0. The van der Waals surface area contributed by atoms with E-state index >= 15 is 0 Å². The molecule has 2 aromatic heterocycles. The zero-order chi connectivity index (χ0) is 17.3. The normalized spacial score (nSPS) is 21.1. The number of hydrogen-bond donors (Lipinski definition) is 2. The van der Waals surface area contributed by atoms with Gasteiger partial charge >= 0.3 is 0 Å². The zero-order valence-corrected chi connectivity index (χ0v) is 14.9. The number of fused-ring (bicyclic) bond motifs is 1. The van der Waals surface area contributed by atoms with Gasteiger partial charge in [-0.2, -0.15) is 0 Å². The molecular formula is C17H23N3O3S. The summed E-state index contributed by atoms with van der Waals surface area (Å²) in [6.07, 6.45) is 4.85. The maximum atomic E-state index is 12.6. The van der Waals surface area contributed by atoms with Crippen LogP contribution in [0.5, 0.6) is 0 Å². The first-order valence-electron chi connectivity index (χ1n) is 8.40. The van der Waals surface area contributed by atoms with E-state index in [0.717, 1.165) is 41.0 Å². The molecule has 1 fully saturated rings. The van der Waals surface area contributed by atoms with Crippen LogP contribution in [-0.4, -0.2) is 32.7 Å². The monoisotopic (exact) mass is 349 g/mol. The Balaban J connectivity index is 1.67. The SMILES string of the molecule is Cc1sc2ncn(CCC(=O)NC3CCCCC3O)c(=O)c2c1C. The summed E-state index contributed by atoms with van der Waals surface area (Å²) in [5.74, 6) is -0.133. The van der Waals surface area contributed by atoms with Crippen molar-refractivity contribution in [2.45, 2.75) is 64.6 Å². The third-order valence-corrected chi connectivity index (χ3v) is 5.93. The summed E-state index contributed by atoms with van der Waals surface area (Å²) in [7, 11) is 0. The molecule has 0 bridgehead atoms. The van der Waals surface area contributed by atoms with Gasteiger partial charge in [-0.1, -0.05) is 12.8 Å². The highest BCUT2D eigenvalue weighted by Gasteiger charge is 2.24. The molecule has 1 aliphatic rings. The fourth-order valence-electron chi connectivity index (χ4n) is 3.21. The number of rotatable bonds is 4. The fourth-order valence-corrected chi connectivity index (χ4v) is 4.20. The second kappa shape index (κ2) is 7.03. The highest BCUT2D eigenvalue weighted by molar-refractivity contribution is 7.18. The lowest BCUT2D eigenvalue weighted by molar-refractivity contribution is -0.123. The highest BCUT2D eigenvalue weighted by Crippen LogP contribution is 2.25. The number of carbonyl (C=O) groups is 1. The molecule has 0 aliphatic heterocycles. The minimum Gasteiger partial charge on any atom is -0.391 e. The molecule has 0 spiro atoms. The molecule has 6 nitrogen and oxygen atoms in total. The minimum absolute atomic E-state index is 0.0904. The maximum absolute atomic E-state index is 12.6. The average molecular weight is 349 g/mol. The Hall–Kier alpha value is -1.73. The van der Waals surface area contributed by atoms with Crippen molar-refractivity contribution in [3.05, 3.63) is 27.1 Å². The molecule has 0 saturated heterocycles. The maximum Gasteiger partial charge on any atom is 0.262 e. The number of aliphatic hydroxyl groups excluding tert-OH is 1. The van der Waals surface area contributed by atoms with Crippen molar-refractivity contribution in [1.82, 2.24) is 14.9 Å². The average Bonchev–Trinajstić information content (AvgIpc) is 2.84. The summed E-state index contributed by atoms with van der Waals surface area (Å²) in [6.45, 7) is 4.21. The van der Waals surface area contributed by atoms with E-state index in [1.165, 1.54) is 22.2 Å². The Morgan fingerprint density at radius 3 is 2.92 bits per heavy atom. The Morgan fingerprint density at radius 2 is 2.17 bits per heavy atom. The first kappa shape index (κ1) is 17.1. The second-order valence-electron chi connectivity index (χ2n) is 6.48. The molecule has 2 unspecified atom stereocenters. The second-order valence-corrected chi connectivity index (χ2v) is 7.69. The predicted octanol–water partition coefficient (Wildman–Crippen LogP) is 1.88. The van der Waals surface area contributed by atoms with Crippen molar-refractivity contribution < 1.29 is 9.90 Å². The number of amides is 1. The number of nitrogens with one attached hydrogen (secondary N) is 1. The van der Waals surface area contributed by atoms with Crippen molar-refractivity contribution in [1.29, 1.82) is 0 Å². The lowest BCUT2D eigenvalue weighted by atomic mass is 9.92. The third-order valence-electron chi connectivity index (χ3n) is 4.81. The quantitative estimate of drug-likeness (QED) is 0.883. The molecule has 7 heteroatoms. The van der Waals surface area contributed by atoms with Crippen molar-refractivity contribution in [3.63, 3.8) is 0 Å². The lowest BCUT2D eigenvalue weighted by Crippen LogP contribution is -2.45. The summed E-state index contributed by atoms with van der Waals surface area (Å²) < 4.78 is 1.50. The van der Waals surface area contributed by atoms with Gasteiger partial charge in [0.05, 0.1) is 23.9 Å². The van der Waals surface area contributed by atoms with Crippen molar-refractivity contribution in [3.8, 4) is 0 Å².